The number of carbonyl (C=O) groups excluding carboxylic acids is 3. The second kappa shape index (κ2) is 50.1. The summed E-state index contributed by atoms with van der Waals surface area (Å²) < 4.78 is 16.8. The zero-order valence-corrected chi connectivity index (χ0v) is 40.8. The molecule has 0 bridgehead atoms. The summed E-state index contributed by atoms with van der Waals surface area (Å²) in [5, 5.41) is 0. The topological polar surface area (TPSA) is 78.9 Å². The second-order valence-electron chi connectivity index (χ2n) is 18.5. The van der Waals surface area contributed by atoms with Crippen LogP contribution in [0.2, 0.25) is 0 Å². The largest absolute Gasteiger partial charge is 0.462 e. The molecular weight excluding hydrogens is 745 g/mol. The quantitative estimate of drug-likeness (QED) is 0.0345. The lowest BCUT2D eigenvalue weighted by Crippen LogP contribution is -2.30. The van der Waals surface area contributed by atoms with Crippen molar-refractivity contribution in [2.75, 3.05) is 13.2 Å². The Morgan fingerprint density at radius 2 is 0.450 bits per heavy atom. The molecule has 6 nitrogen and oxygen atoms in total. The van der Waals surface area contributed by atoms with E-state index in [1.54, 1.807) is 0 Å². The number of hydrogen-bond donors (Lipinski definition) is 0. The van der Waals surface area contributed by atoms with Crippen molar-refractivity contribution in [3.05, 3.63) is 0 Å². The van der Waals surface area contributed by atoms with Gasteiger partial charge in [-0.1, -0.05) is 271 Å². The molecule has 60 heavy (non-hydrogen) atoms. The average Bonchev–Trinajstić information content (AvgIpc) is 3.24. The van der Waals surface area contributed by atoms with Gasteiger partial charge in [0.25, 0.3) is 0 Å². The van der Waals surface area contributed by atoms with Crippen molar-refractivity contribution in [2.24, 2.45) is 0 Å². The van der Waals surface area contributed by atoms with E-state index in [0.29, 0.717) is 19.3 Å². The van der Waals surface area contributed by atoms with Crippen molar-refractivity contribution in [3.63, 3.8) is 0 Å². The Morgan fingerprint density at radius 1 is 0.267 bits per heavy atom. The van der Waals surface area contributed by atoms with Crippen LogP contribution in [0.4, 0.5) is 0 Å². The Morgan fingerprint density at radius 3 is 0.667 bits per heavy atom. The van der Waals surface area contributed by atoms with Gasteiger partial charge in [-0.05, 0) is 19.3 Å². The third-order valence-corrected chi connectivity index (χ3v) is 12.4. The summed E-state index contributed by atoms with van der Waals surface area (Å²) in [5.41, 5.74) is 0. The van der Waals surface area contributed by atoms with E-state index in [2.05, 4.69) is 20.8 Å². The van der Waals surface area contributed by atoms with E-state index in [-0.39, 0.29) is 31.1 Å². The molecule has 0 aliphatic rings. The van der Waals surface area contributed by atoms with Crippen LogP contribution in [0.1, 0.15) is 310 Å². The Kier molecular flexibility index (Phi) is 48.7. The van der Waals surface area contributed by atoms with Crippen LogP contribution in [0.15, 0.2) is 0 Å². The average molecular weight is 849 g/mol. The van der Waals surface area contributed by atoms with Crippen LogP contribution < -0.4 is 0 Å². The molecule has 0 unspecified atom stereocenters. The minimum Gasteiger partial charge on any atom is -0.462 e. The lowest BCUT2D eigenvalue weighted by atomic mass is 10.0. The van der Waals surface area contributed by atoms with Gasteiger partial charge in [0.15, 0.2) is 6.10 Å². The maximum Gasteiger partial charge on any atom is 0.306 e. The van der Waals surface area contributed by atoms with Crippen molar-refractivity contribution >= 4 is 17.9 Å². The van der Waals surface area contributed by atoms with Crippen molar-refractivity contribution in [1.82, 2.24) is 0 Å². The first-order chi connectivity index (χ1) is 29.5. The summed E-state index contributed by atoms with van der Waals surface area (Å²) in [6, 6.07) is 0. The third-order valence-electron chi connectivity index (χ3n) is 12.4. The lowest BCUT2D eigenvalue weighted by molar-refractivity contribution is -0.167. The van der Waals surface area contributed by atoms with Gasteiger partial charge in [-0.3, -0.25) is 14.4 Å². The first-order valence-electron chi connectivity index (χ1n) is 27.0. The van der Waals surface area contributed by atoms with E-state index in [4.69, 9.17) is 14.2 Å². The maximum atomic E-state index is 12.8. The second-order valence-corrected chi connectivity index (χ2v) is 18.5. The normalized spacial score (nSPS) is 11.8. The van der Waals surface area contributed by atoms with Crippen molar-refractivity contribution in [3.8, 4) is 0 Å². The molecule has 0 rings (SSSR count). The molecule has 0 aliphatic carbocycles. The van der Waals surface area contributed by atoms with Crippen LogP contribution in [0.5, 0.6) is 0 Å². The Balaban J connectivity index is 4.24. The highest BCUT2D eigenvalue weighted by molar-refractivity contribution is 5.71. The summed E-state index contributed by atoms with van der Waals surface area (Å²) in [6.07, 6.45) is 53.8. The van der Waals surface area contributed by atoms with Crippen molar-refractivity contribution in [1.29, 1.82) is 0 Å². The number of ether oxygens (including phenoxy) is 3. The molecule has 0 saturated heterocycles. The molecule has 0 amide bonds. The van der Waals surface area contributed by atoms with E-state index in [9.17, 15) is 14.4 Å². The first-order valence-corrected chi connectivity index (χ1v) is 27.0. The van der Waals surface area contributed by atoms with E-state index in [1.807, 2.05) is 0 Å². The number of rotatable bonds is 50. The maximum absolute atomic E-state index is 12.8. The Bertz CT molecular complexity index is 889. The zero-order chi connectivity index (χ0) is 43.7. The van der Waals surface area contributed by atoms with Gasteiger partial charge in [0, 0.05) is 19.3 Å². The third kappa shape index (κ3) is 47.5. The molecule has 0 fully saturated rings. The predicted molar refractivity (Wildman–Crippen MR) is 257 cm³/mol. The van der Waals surface area contributed by atoms with Gasteiger partial charge in [0.1, 0.15) is 13.2 Å². The predicted octanol–water partition coefficient (Wildman–Crippen LogP) is 17.6. The zero-order valence-electron chi connectivity index (χ0n) is 40.8. The molecule has 0 heterocycles. The number of esters is 3. The number of carbonyl (C=O) groups is 3. The van der Waals surface area contributed by atoms with E-state index in [0.717, 1.165) is 57.8 Å². The highest BCUT2D eigenvalue weighted by Gasteiger charge is 2.19. The molecule has 1 atom stereocenters. The van der Waals surface area contributed by atoms with Gasteiger partial charge in [-0.25, -0.2) is 0 Å². The fourth-order valence-electron chi connectivity index (χ4n) is 8.27. The SMILES string of the molecule is CCCCCCCCCCCCCCCCCCCCCC(=O)O[C@H](COC(=O)CCCCCCCCCCCC)COC(=O)CCCCCCCCCCCCCCC. The van der Waals surface area contributed by atoms with Gasteiger partial charge in [0.2, 0.25) is 0 Å². The van der Waals surface area contributed by atoms with Crippen LogP contribution in [0.3, 0.4) is 0 Å². The minimum absolute atomic E-state index is 0.0618. The molecule has 0 spiro atoms. The standard InChI is InChI=1S/C54H104O6/c1-4-7-10-13-16-19-22-24-25-26-27-28-29-31-33-36-39-42-45-48-54(57)60-51(49-58-52(55)46-43-40-37-34-21-18-15-12-9-6-3)50-59-53(56)47-44-41-38-35-32-30-23-20-17-14-11-8-5-2/h51H,4-50H2,1-3H3/t51-/m1/s1. The summed E-state index contributed by atoms with van der Waals surface area (Å²) in [4.78, 5) is 37.9. The van der Waals surface area contributed by atoms with Crippen molar-refractivity contribution in [2.45, 2.75) is 316 Å². The molecule has 0 saturated carbocycles. The molecule has 0 N–H and O–H groups in total. The summed E-state index contributed by atoms with van der Waals surface area (Å²) in [7, 11) is 0. The van der Waals surface area contributed by atoms with Crippen LogP contribution >= 0.6 is 0 Å². The van der Waals surface area contributed by atoms with E-state index >= 15 is 0 Å². The minimum atomic E-state index is -0.759. The van der Waals surface area contributed by atoms with Crippen LogP contribution in [0, 0.1) is 0 Å². The van der Waals surface area contributed by atoms with Gasteiger partial charge in [-0.2, -0.15) is 0 Å². The number of hydrogen-bond acceptors (Lipinski definition) is 6. The lowest BCUT2D eigenvalue weighted by Gasteiger charge is -2.18. The van der Waals surface area contributed by atoms with E-state index in [1.165, 1.54) is 212 Å². The fraction of sp³-hybridized carbons (Fsp3) is 0.944. The van der Waals surface area contributed by atoms with Crippen LogP contribution in [-0.2, 0) is 28.6 Å². The summed E-state index contributed by atoms with van der Waals surface area (Å²) in [6.45, 7) is 6.68. The van der Waals surface area contributed by atoms with E-state index < -0.39 is 6.10 Å². The first kappa shape index (κ1) is 58.4. The van der Waals surface area contributed by atoms with Crippen molar-refractivity contribution < 1.29 is 28.6 Å². The Hall–Kier alpha value is -1.59. The molecule has 0 aromatic heterocycles. The fourth-order valence-corrected chi connectivity index (χ4v) is 8.27. The molecular formula is C54H104O6. The molecule has 0 aromatic carbocycles. The van der Waals surface area contributed by atoms with Gasteiger partial charge in [0.05, 0.1) is 0 Å². The molecule has 6 heteroatoms. The molecule has 0 radical (unpaired) electrons. The molecule has 0 aliphatic heterocycles. The summed E-state index contributed by atoms with van der Waals surface area (Å²) >= 11 is 0. The monoisotopic (exact) mass is 849 g/mol. The highest BCUT2D eigenvalue weighted by Crippen LogP contribution is 2.17. The van der Waals surface area contributed by atoms with Crippen LogP contribution in [0.25, 0.3) is 0 Å². The Labute approximate surface area is 374 Å². The highest BCUT2D eigenvalue weighted by atomic mass is 16.6. The van der Waals surface area contributed by atoms with Gasteiger partial charge < -0.3 is 14.2 Å². The summed E-state index contributed by atoms with van der Waals surface area (Å²) in [5.74, 6) is -0.840. The van der Waals surface area contributed by atoms with Gasteiger partial charge >= 0.3 is 17.9 Å². The molecule has 356 valence electrons. The smallest absolute Gasteiger partial charge is 0.306 e. The van der Waals surface area contributed by atoms with Gasteiger partial charge in [-0.15, -0.1) is 0 Å². The number of unbranched alkanes of at least 4 members (excludes halogenated alkanes) is 39. The van der Waals surface area contributed by atoms with Crippen LogP contribution in [-0.4, -0.2) is 37.2 Å². The molecule has 0 aromatic rings.